The lowest BCUT2D eigenvalue weighted by Crippen LogP contribution is -2.09. The maximum absolute atomic E-state index is 13.0. The highest BCUT2D eigenvalue weighted by molar-refractivity contribution is 6.29. The van der Waals surface area contributed by atoms with Gasteiger partial charge >= 0.3 is 12.1 Å². The van der Waals surface area contributed by atoms with Gasteiger partial charge in [-0.2, -0.15) is 13.2 Å². The summed E-state index contributed by atoms with van der Waals surface area (Å²) >= 11 is 5.69. The van der Waals surface area contributed by atoms with Crippen molar-refractivity contribution in [1.29, 1.82) is 0 Å². The third kappa shape index (κ3) is 3.52. The summed E-state index contributed by atoms with van der Waals surface area (Å²) in [4.78, 5) is 14.6. The number of nitrogens with zero attached hydrogens (tertiary/aromatic N) is 1. The Morgan fingerprint density at radius 1 is 1.24 bits per heavy atom. The molecule has 0 aliphatic heterocycles. The van der Waals surface area contributed by atoms with Crippen LogP contribution in [0.1, 0.15) is 11.1 Å². The van der Waals surface area contributed by atoms with E-state index < -0.39 is 24.1 Å². The van der Waals surface area contributed by atoms with Gasteiger partial charge in [-0.05, 0) is 23.3 Å². The SMILES string of the molecule is O=C(O)Cc1cc(Cl)ncc1-c1ccccc1C(F)(F)F. The first-order chi connectivity index (χ1) is 9.79. The van der Waals surface area contributed by atoms with Crippen molar-refractivity contribution in [1.82, 2.24) is 4.98 Å². The second-order valence-corrected chi connectivity index (χ2v) is 4.67. The molecule has 7 heteroatoms. The molecule has 1 N–H and O–H groups in total. The lowest BCUT2D eigenvalue weighted by atomic mass is 9.95. The Morgan fingerprint density at radius 3 is 2.52 bits per heavy atom. The van der Waals surface area contributed by atoms with Gasteiger partial charge in [0.25, 0.3) is 0 Å². The Bertz CT molecular complexity index is 686. The molecule has 0 amide bonds. The highest BCUT2D eigenvalue weighted by atomic mass is 35.5. The van der Waals surface area contributed by atoms with E-state index in [2.05, 4.69) is 4.98 Å². The minimum absolute atomic E-state index is 0.0273. The molecule has 0 saturated carbocycles. The predicted octanol–water partition coefficient (Wildman–Crippen LogP) is 4.05. The third-order valence-corrected chi connectivity index (χ3v) is 3.03. The van der Waals surface area contributed by atoms with Crippen LogP contribution < -0.4 is 0 Å². The number of hydrogen-bond donors (Lipinski definition) is 1. The summed E-state index contributed by atoms with van der Waals surface area (Å²) in [7, 11) is 0. The van der Waals surface area contributed by atoms with Gasteiger partial charge in [-0.25, -0.2) is 4.98 Å². The summed E-state index contributed by atoms with van der Waals surface area (Å²) < 4.78 is 39.1. The van der Waals surface area contributed by atoms with Crippen molar-refractivity contribution in [3.8, 4) is 11.1 Å². The first-order valence-electron chi connectivity index (χ1n) is 5.82. The van der Waals surface area contributed by atoms with Crippen molar-refractivity contribution >= 4 is 17.6 Å². The van der Waals surface area contributed by atoms with E-state index in [0.29, 0.717) is 0 Å². The van der Waals surface area contributed by atoms with Gasteiger partial charge in [-0.3, -0.25) is 4.79 Å². The Hall–Kier alpha value is -2.08. The summed E-state index contributed by atoms with van der Waals surface area (Å²) in [5, 5.41) is 8.90. The van der Waals surface area contributed by atoms with Gasteiger partial charge < -0.3 is 5.11 Å². The molecule has 21 heavy (non-hydrogen) atoms. The Balaban J connectivity index is 2.65. The summed E-state index contributed by atoms with van der Waals surface area (Å²) in [6, 6.07) is 6.20. The summed E-state index contributed by atoms with van der Waals surface area (Å²) in [6.45, 7) is 0. The van der Waals surface area contributed by atoms with Crippen LogP contribution in [0.4, 0.5) is 13.2 Å². The zero-order valence-corrected chi connectivity index (χ0v) is 11.2. The molecule has 0 spiro atoms. The molecule has 110 valence electrons. The number of pyridine rings is 1. The van der Waals surface area contributed by atoms with Crippen molar-refractivity contribution in [3.05, 3.63) is 52.8 Å². The minimum atomic E-state index is -4.54. The molecule has 1 heterocycles. The van der Waals surface area contributed by atoms with Gasteiger partial charge in [0.2, 0.25) is 0 Å². The van der Waals surface area contributed by atoms with Crippen LogP contribution in [-0.4, -0.2) is 16.1 Å². The summed E-state index contributed by atoms with van der Waals surface area (Å²) in [5.74, 6) is -1.16. The maximum atomic E-state index is 13.0. The Kier molecular flexibility index (Phi) is 4.18. The molecule has 1 aromatic heterocycles. The lowest BCUT2D eigenvalue weighted by Gasteiger charge is -2.15. The molecule has 0 saturated heterocycles. The van der Waals surface area contributed by atoms with Crippen molar-refractivity contribution in [2.24, 2.45) is 0 Å². The number of carboxylic acids is 1. The number of aromatic nitrogens is 1. The van der Waals surface area contributed by atoms with E-state index in [9.17, 15) is 18.0 Å². The molecule has 0 aliphatic carbocycles. The van der Waals surface area contributed by atoms with E-state index >= 15 is 0 Å². The van der Waals surface area contributed by atoms with Crippen LogP contribution in [0.3, 0.4) is 0 Å². The predicted molar refractivity (Wildman–Crippen MR) is 71.0 cm³/mol. The van der Waals surface area contributed by atoms with Crippen LogP contribution in [0, 0.1) is 0 Å². The van der Waals surface area contributed by atoms with Gasteiger partial charge in [0.05, 0.1) is 12.0 Å². The molecule has 0 atom stereocenters. The monoisotopic (exact) mass is 315 g/mol. The van der Waals surface area contributed by atoms with Crippen molar-refractivity contribution in [3.63, 3.8) is 0 Å². The zero-order chi connectivity index (χ0) is 15.6. The molecule has 0 unspecified atom stereocenters. The first kappa shape index (κ1) is 15.3. The quantitative estimate of drug-likeness (QED) is 0.869. The fourth-order valence-corrected chi connectivity index (χ4v) is 2.17. The fraction of sp³-hybridized carbons (Fsp3) is 0.143. The van der Waals surface area contributed by atoms with Gasteiger partial charge in [0, 0.05) is 11.8 Å². The Labute approximate surface area is 123 Å². The number of benzene rings is 1. The van der Waals surface area contributed by atoms with E-state index in [4.69, 9.17) is 16.7 Å². The number of carbonyl (C=O) groups is 1. The number of aliphatic carboxylic acids is 1. The van der Waals surface area contributed by atoms with Crippen LogP contribution in [0.15, 0.2) is 36.5 Å². The van der Waals surface area contributed by atoms with E-state index in [0.717, 1.165) is 12.3 Å². The van der Waals surface area contributed by atoms with Crippen molar-refractivity contribution in [2.45, 2.75) is 12.6 Å². The molecule has 0 radical (unpaired) electrons. The fourth-order valence-electron chi connectivity index (χ4n) is 1.98. The van der Waals surface area contributed by atoms with Crippen LogP contribution in [0.5, 0.6) is 0 Å². The molecule has 0 aliphatic rings. The summed E-state index contributed by atoms with van der Waals surface area (Å²) in [5.41, 5.74) is -0.680. The first-order valence-corrected chi connectivity index (χ1v) is 6.19. The zero-order valence-electron chi connectivity index (χ0n) is 10.5. The van der Waals surface area contributed by atoms with Gasteiger partial charge in [-0.15, -0.1) is 0 Å². The second-order valence-electron chi connectivity index (χ2n) is 4.28. The lowest BCUT2D eigenvalue weighted by molar-refractivity contribution is -0.137. The van der Waals surface area contributed by atoms with E-state index in [1.165, 1.54) is 24.3 Å². The third-order valence-electron chi connectivity index (χ3n) is 2.82. The molecule has 2 rings (SSSR count). The van der Waals surface area contributed by atoms with Crippen molar-refractivity contribution < 1.29 is 23.1 Å². The summed E-state index contributed by atoms with van der Waals surface area (Å²) in [6.07, 6.45) is -3.83. The molecule has 3 nitrogen and oxygen atoms in total. The second kappa shape index (κ2) is 5.73. The molecule has 2 aromatic rings. The standard InChI is InChI=1S/C14H9ClF3NO2/c15-12-5-8(6-13(20)21)10(7-19-12)9-3-1-2-4-11(9)14(16,17)18/h1-5,7H,6H2,(H,20,21). The van der Waals surface area contributed by atoms with E-state index in [1.807, 2.05) is 0 Å². The number of rotatable bonds is 3. The molecule has 0 bridgehead atoms. The topological polar surface area (TPSA) is 50.2 Å². The number of carboxylic acid groups (broad SMARTS) is 1. The number of halogens is 4. The van der Waals surface area contributed by atoms with Crippen LogP contribution >= 0.6 is 11.6 Å². The van der Waals surface area contributed by atoms with Crippen LogP contribution in [0.2, 0.25) is 5.15 Å². The van der Waals surface area contributed by atoms with Gasteiger partial charge in [0.1, 0.15) is 5.15 Å². The Morgan fingerprint density at radius 2 is 1.90 bits per heavy atom. The average molecular weight is 316 g/mol. The van der Waals surface area contributed by atoms with E-state index in [-0.39, 0.29) is 21.8 Å². The van der Waals surface area contributed by atoms with E-state index in [1.54, 1.807) is 0 Å². The largest absolute Gasteiger partial charge is 0.481 e. The highest BCUT2D eigenvalue weighted by Crippen LogP contribution is 2.38. The minimum Gasteiger partial charge on any atom is -0.481 e. The molecule has 0 fully saturated rings. The normalized spacial score (nSPS) is 11.4. The smallest absolute Gasteiger partial charge is 0.417 e. The molecular weight excluding hydrogens is 307 g/mol. The number of hydrogen-bond acceptors (Lipinski definition) is 2. The van der Waals surface area contributed by atoms with Gasteiger partial charge in [-0.1, -0.05) is 29.8 Å². The highest BCUT2D eigenvalue weighted by Gasteiger charge is 2.33. The average Bonchev–Trinajstić information content (AvgIpc) is 2.37. The maximum Gasteiger partial charge on any atom is 0.417 e. The van der Waals surface area contributed by atoms with Crippen LogP contribution in [0.25, 0.3) is 11.1 Å². The molecule has 1 aromatic carbocycles. The molecular formula is C14H9ClF3NO2. The van der Waals surface area contributed by atoms with Crippen LogP contribution in [-0.2, 0) is 17.4 Å². The van der Waals surface area contributed by atoms with Crippen molar-refractivity contribution in [2.75, 3.05) is 0 Å². The number of alkyl halides is 3. The van der Waals surface area contributed by atoms with Gasteiger partial charge in [0.15, 0.2) is 0 Å².